The Balaban J connectivity index is 2.30. The van der Waals surface area contributed by atoms with Gasteiger partial charge in [0.1, 0.15) is 5.75 Å². The van der Waals surface area contributed by atoms with E-state index in [4.69, 9.17) is 4.74 Å². The van der Waals surface area contributed by atoms with Gasteiger partial charge in [-0.05, 0) is 36.7 Å². The summed E-state index contributed by atoms with van der Waals surface area (Å²) in [5.41, 5.74) is 1.83. The number of aromatic nitrogens is 2. The fourth-order valence-electron chi connectivity index (χ4n) is 2.29. The minimum Gasteiger partial charge on any atom is -0.497 e. The maximum atomic E-state index is 11.9. The number of nitrogens with one attached hydrogen (secondary N) is 1. The van der Waals surface area contributed by atoms with E-state index in [0.29, 0.717) is 6.54 Å². The summed E-state index contributed by atoms with van der Waals surface area (Å²) >= 11 is 0. The first-order valence-electron chi connectivity index (χ1n) is 7.04. The Morgan fingerprint density at radius 2 is 2.24 bits per heavy atom. The third kappa shape index (κ3) is 3.92. The van der Waals surface area contributed by atoms with Crippen LogP contribution in [0.2, 0.25) is 0 Å². The van der Waals surface area contributed by atoms with Crippen LogP contribution in [0.15, 0.2) is 41.5 Å². The molecule has 2 aromatic rings. The Hall–Kier alpha value is -2.14. The fourth-order valence-corrected chi connectivity index (χ4v) is 2.29. The summed E-state index contributed by atoms with van der Waals surface area (Å²) in [6, 6.07) is 7.92. The van der Waals surface area contributed by atoms with Gasteiger partial charge in [-0.2, -0.15) is 0 Å². The van der Waals surface area contributed by atoms with Crippen molar-refractivity contribution in [1.82, 2.24) is 14.9 Å². The highest BCUT2D eigenvalue weighted by atomic mass is 16.5. The summed E-state index contributed by atoms with van der Waals surface area (Å²) in [4.78, 5) is 15.7. The Bertz CT molecular complexity index is 652. The Morgan fingerprint density at radius 1 is 1.43 bits per heavy atom. The topological polar surface area (TPSA) is 56.2 Å². The minimum atomic E-state index is -0.230. The van der Waals surface area contributed by atoms with E-state index in [0.717, 1.165) is 23.4 Å². The summed E-state index contributed by atoms with van der Waals surface area (Å²) in [6.07, 6.45) is 3.42. The van der Waals surface area contributed by atoms with Crippen molar-refractivity contribution >= 4 is 0 Å². The van der Waals surface area contributed by atoms with Crippen molar-refractivity contribution in [2.24, 2.45) is 0 Å². The molecule has 0 spiro atoms. The van der Waals surface area contributed by atoms with Crippen molar-refractivity contribution < 1.29 is 4.74 Å². The summed E-state index contributed by atoms with van der Waals surface area (Å²) in [6.45, 7) is 5.32. The SMILES string of the molecule is CCNC(Cn1cc(C)cnc1=O)c1cccc(OC)c1. The van der Waals surface area contributed by atoms with E-state index in [-0.39, 0.29) is 11.7 Å². The third-order valence-corrected chi connectivity index (χ3v) is 3.31. The minimum absolute atomic E-state index is 0.0337. The van der Waals surface area contributed by atoms with Crippen molar-refractivity contribution in [2.75, 3.05) is 13.7 Å². The molecule has 0 saturated heterocycles. The molecule has 1 aromatic carbocycles. The first-order chi connectivity index (χ1) is 10.1. The zero-order valence-electron chi connectivity index (χ0n) is 12.7. The molecule has 0 radical (unpaired) electrons. The summed E-state index contributed by atoms with van der Waals surface area (Å²) in [5, 5.41) is 3.40. The van der Waals surface area contributed by atoms with Gasteiger partial charge in [0.15, 0.2) is 0 Å². The number of likely N-dealkylation sites (N-methyl/N-ethyl adjacent to an activating group) is 1. The molecule has 0 amide bonds. The normalized spacial score (nSPS) is 12.1. The molecule has 21 heavy (non-hydrogen) atoms. The van der Waals surface area contributed by atoms with Gasteiger partial charge < -0.3 is 10.1 Å². The quantitative estimate of drug-likeness (QED) is 0.882. The highest BCUT2D eigenvalue weighted by molar-refractivity contribution is 5.30. The predicted molar refractivity (Wildman–Crippen MR) is 82.6 cm³/mol. The molecular weight excluding hydrogens is 266 g/mol. The van der Waals surface area contributed by atoms with Gasteiger partial charge in [-0.3, -0.25) is 4.57 Å². The zero-order chi connectivity index (χ0) is 15.2. The lowest BCUT2D eigenvalue weighted by Crippen LogP contribution is -2.31. The second-order valence-electron chi connectivity index (χ2n) is 4.95. The van der Waals surface area contributed by atoms with Gasteiger partial charge in [-0.15, -0.1) is 0 Å². The molecule has 2 rings (SSSR count). The molecule has 1 unspecified atom stereocenters. The Morgan fingerprint density at radius 3 is 2.95 bits per heavy atom. The summed E-state index contributed by atoms with van der Waals surface area (Å²) < 4.78 is 6.91. The summed E-state index contributed by atoms with van der Waals surface area (Å²) in [7, 11) is 1.65. The number of aryl methyl sites for hydroxylation is 1. The zero-order valence-corrected chi connectivity index (χ0v) is 12.7. The largest absolute Gasteiger partial charge is 0.497 e. The van der Waals surface area contributed by atoms with E-state index in [9.17, 15) is 4.79 Å². The standard InChI is InChI=1S/C16H21N3O2/c1-4-17-15(13-6-5-7-14(8-13)21-3)11-19-10-12(2)9-18-16(19)20/h5-10,15,17H,4,11H2,1-3H3. The first kappa shape index (κ1) is 15.3. The van der Waals surface area contributed by atoms with Gasteiger partial charge in [0.05, 0.1) is 13.2 Å². The van der Waals surface area contributed by atoms with E-state index in [1.807, 2.05) is 44.3 Å². The first-order valence-corrected chi connectivity index (χ1v) is 7.04. The lowest BCUT2D eigenvalue weighted by Gasteiger charge is -2.20. The van der Waals surface area contributed by atoms with E-state index in [1.165, 1.54) is 0 Å². The second kappa shape index (κ2) is 7.04. The molecular formula is C16H21N3O2. The molecule has 1 heterocycles. The van der Waals surface area contributed by atoms with Crippen LogP contribution < -0.4 is 15.7 Å². The monoisotopic (exact) mass is 287 g/mol. The number of ether oxygens (including phenoxy) is 1. The number of nitrogens with zero attached hydrogens (tertiary/aromatic N) is 2. The molecule has 0 aliphatic heterocycles. The molecule has 112 valence electrons. The predicted octanol–water partition coefficient (Wildman–Crippen LogP) is 1.91. The van der Waals surface area contributed by atoms with Crippen molar-refractivity contribution in [2.45, 2.75) is 26.4 Å². The van der Waals surface area contributed by atoms with Crippen LogP contribution in [0.4, 0.5) is 0 Å². The molecule has 0 aliphatic rings. The van der Waals surface area contributed by atoms with E-state index >= 15 is 0 Å². The van der Waals surface area contributed by atoms with Gasteiger partial charge >= 0.3 is 5.69 Å². The number of rotatable bonds is 6. The molecule has 5 nitrogen and oxygen atoms in total. The molecule has 0 saturated carbocycles. The number of hydrogen-bond donors (Lipinski definition) is 1. The van der Waals surface area contributed by atoms with Gasteiger partial charge in [0.2, 0.25) is 0 Å². The van der Waals surface area contributed by atoms with Gasteiger partial charge in [-0.25, -0.2) is 9.78 Å². The van der Waals surface area contributed by atoms with Crippen molar-refractivity contribution in [1.29, 1.82) is 0 Å². The van der Waals surface area contributed by atoms with Crippen molar-refractivity contribution in [3.05, 3.63) is 58.3 Å². The fraction of sp³-hybridized carbons (Fsp3) is 0.375. The Labute approximate surface area is 124 Å². The van der Waals surface area contributed by atoms with E-state index < -0.39 is 0 Å². The molecule has 1 aromatic heterocycles. The molecule has 5 heteroatoms. The van der Waals surface area contributed by atoms with E-state index in [1.54, 1.807) is 17.9 Å². The Kier molecular flexibility index (Phi) is 5.11. The van der Waals surface area contributed by atoms with Crippen molar-refractivity contribution in [3.8, 4) is 5.75 Å². The van der Waals surface area contributed by atoms with Crippen LogP contribution in [0.1, 0.15) is 24.1 Å². The summed E-state index contributed by atoms with van der Waals surface area (Å²) in [5.74, 6) is 0.810. The number of hydrogen-bond acceptors (Lipinski definition) is 4. The van der Waals surface area contributed by atoms with Crippen LogP contribution in [-0.4, -0.2) is 23.2 Å². The lowest BCUT2D eigenvalue weighted by molar-refractivity contribution is 0.410. The van der Waals surface area contributed by atoms with Crippen LogP contribution in [0.25, 0.3) is 0 Å². The van der Waals surface area contributed by atoms with E-state index in [2.05, 4.69) is 10.3 Å². The molecule has 1 N–H and O–H groups in total. The smallest absolute Gasteiger partial charge is 0.347 e. The average Bonchev–Trinajstić information content (AvgIpc) is 2.50. The maximum Gasteiger partial charge on any atom is 0.347 e. The number of benzene rings is 1. The second-order valence-corrected chi connectivity index (χ2v) is 4.95. The third-order valence-electron chi connectivity index (χ3n) is 3.31. The highest BCUT2D eigenvalue weighted by Gasteiger charge is 2.13. The molecule has 0 aliphatic carbocycles. The van der Waals surface area contributed by atoms with Crippen LogP contribution in [-0.2, 0) is 6.54 Å². The molecule has 0 fully saturated rings. The lowest BCUT2D eigenvalue weighted by atomic mass is 10.1. The maximum absolute atomic E-state index is 11.9. The van der Waals surface area contributed by atoms with Gasteiger partial charge in [-0.1, -0.05) is 19.1 Å². The number of methoxy groups -OCH3 is 1. The average molecular weight is 287 g/mol. The van der Waals surface area contributed by atoms with Crippen molar-refractivity contribution in [3.63, 3.8) is 0 Å². The van der Waals surface area contributed by atoms with Crippen LogP contribution >= 0.6 is 0 Å². The molecule has 0 bridgehead atoms. The van der Waals surface area contributed by atoms with Crippen LogP contribution in [0, 0.1) is 6.92 Å². The van der Waals surface area contributed by atoms with Crippen LogP contribution in [0.5, 0.6) is 5.75 Å². The van der Waals surface area contributed by atoms with Gasteiger partial charge in [0, 0.05) is 18.9 Å². The van der Waals surface area contributed by atoms with Gasteiger partial charge in [0.25, 0.3) is 0 Å². The van der Waals surface area contributed by atoms with Crippen LogP contribution in [0.3, 0.4) is 0 Å². The molecule has 1 atom stereocenters. The highest BCUT2D eigenvalue weighted by Crippen LogP contribution is 2.20.